The Labute approximate surface area is 119 Å². The molecule has 0 N–H and O–H groups in total. The van der Waals surface area contributed by atoms with Crippen LogP contribution in [0, 0.1) is 5.92 Å². The van der Waals surface area contributed by atoms with Gasteiger partial charge in [0.15, 0.2) is 0 Å². The van der Waals surface area contributed by atoms with Crippen LogP contribution < -0.4 is 0 Å². The largest absolute Gasteiger partial charge is 0.378 e. The van der Waals surface area contributed by atoms with Crippen molar-refractivity contribution >= 4 is 6.21 Å². The van der Waals surface area contributed by atoms with Crippen LogP contribution in [0.15, 0.2) is 16.3 Å². The van der Waals surface area contributed by atoms with Crippen LogP contribution in [0.1, 0.15) is 72.6 Å². The highest BCUT2D eigenvalue weighted by Crippen LogP contribution is 2.41. The Balaban J connectivity index is 3.18. The van der Waals surface area contributed by atoms with Crippen LogP contribution in [-0.4, -0.2) is 18.9 Å². The van der Waals surface area contributed by atoms with E-state index in [9.17, 15) is 0 Å². The molecule has 0 aromatic rings. The minimum atomic E-state index is 0.0446. The van der Waals surface area contributed by atoms with Crippen molar-refractivity contribution in [2.45, 2.75) is 78.2 Å². The molecule has 1 aliphatic rings. The van der Waals surface area contributed by atoms with Crippen molar-refractivity contribution < 1.29 is 4.74 Å². The molecule has 110 valence electrons. The molecule has 1 rings (SSSR count). The van der Waals surface area contributed by atoms with E-state index in [-0.39, 0.29) is 5.60 Å². The molecule has 0 heterocycles. The number of methoxy groups -OCH3 is 1. The smallest absolute Gasteiger partial charge is 0.0714 e. The molecule has 0 aromatic heterocycles. The third-order valence-corrected chi connectivity index (χ3v) is 4.75. The Morgan fingerprint density at radius 2 is 2.16 bits per heavy atom. The lowest BCUT2D eigenvalue weighted by atomic mass is 9.84. The van der Waals surface area contributed by atoms with Gasteiger partial charge in [0.05, 0.1) is 5.60 Å². The fraction of sp³-hybridized carbons (Fsp3) is 0.824. The van der Waals surface area contributed by atoms with Crippen molar-refractivity contribution in [2.75, 3.05) is 7.11 Å². The number of hydrogen-bond donors (Lipinski definition) is 0. The van der Waals surface area contributed by atoms with Gasteiger partial charge in [-0.3, -0.25) is 4.99 Å². The van der Waals surface area contributed by atoms with Crippen LogP contribution in [0.5, 0.6) is 0 Å². The maximum atomic E-state index is 5.92. The molecular formula is C17H31NO. The third kappa shape index (κ3) is 3.92. The lowest BCUT2D eigenvalue weighted by Crippen LogP contribution is -2.30. The Hall–Kier alpha value is -0.630. The minimum absolute atomic E-state index is 0.0446. The summed E-state index contributed by atoms with van der Waals surface area (Å²) in [5.74, 6) is 0.697. The molecular weight excluding hydrogens is 234 g/mol. The van der Waals surface area contributed by atoms with Crippen molar-refractivity contribution in [1.82, 2.24) is 0 Å². The second kappa shape index (κ2) is 7.84. The highest BCUT2D eigenvalue weighted by atomic mass is 16.5. The van der Waals surface area contributed by atoms with Crippen LogP contribution in [0.3, 0.4) is 0 Å². The number of allylic oxidation sites excluding steroid dienone is 1. The van der Waals surface area contributed by atoms with Gasteiger partial charge in [-0.25, -0.2) is 0 Å². The molecule has 0 amide bonds. The molecule has 0 spiro atoms. The van der Waals surface area contributed by atoms with Gasteiger partial charge < -0.3 is 4.74 Å². The first-order chi connectivity index (χ1) is 9.16. The molecule has 0 aromatic carbocycles. The lowest BCUT2D eigenvalue weighted by Gasteiger charge is -2.32. The maximum Gasteiger partial charge on any atom is 0.0714 e. The summed E-state index contributed by atoms with van der Waals surface area (Å²) in [5.41, 5.74) is 2.90. The van der Waals surface area contributed by atoms with E-state index in [0.29, 0.717) is 5.92 Å². The molecule has 1 aliphatic carbocycles. The third-order valence-electron chi connectivity index (χ3n) is 4.75. The van der Waals surface area contributed by atoms with Crippen molar-refractivity contribution in [3.8, 4) is 0 Å². The number of ether oxygens (including phenoxy) is 1. The van der Waals surface area contributed by atoms with E-state index in [1.807, 2.05) is 20.2 Å². The quantitative estimate of drug-likeness (QED) is 0.498. The molecule has 0 saturated heterocycles. The molecule has 2 unspecified atom stereocenters. The summed E-state index contributed by atoms with van der Waals surface area (Å²) in [6.45, 7) is 8.78. The number of hydrogen-bond acceptors (Lipinski definition) is 2. The Bertz CT molecular complexity index is 326. The average Bonchev–Trinajstić information content (AvgIpc) is 2.64. The molecule has 0 aliphatic heterocycles. The van der Waals surface area contributed by atoms with Gasteiger partial charge in [0.2, 0.25) is 0 Å². The Morgan fingerprint density at radius 1 is 1.42 bits per heavy atom. The van der Waals surface area contributed by atoms with E-state index < -0.39 is 0 Å². The normalized spacial score (nSPS) is 31.5. The van der Waals surface area contributed by atoms with Crippen molar-refractivity contribution in [1.29, 1.82) is 0 Å². The summed E-state index contributed by atoms with van der Waals surface area (Å²) < 4.78 is 5.92. The molecule has 1 saturated carbocycles. The second-order valence-electron chi connectivity index (χ2n) is 5.63. The van der Waals surface area contributed by atoms with Crippen LogP contribution in [0.4, 0.5) is 0 Å². The topological polar surface area (TPSA) is 21.6 Å². The zero-order valence-electron chi connectivity index (χ0n) is 13.5. The Kier molecular flexibility index (Phi) is 6.78. The van der Waals surface area contributed by atoms with Gasteiger partial charge in [-0.15, -0.1) is 0 Å². The standard InChI is InChI=1S/C17H31NO/c1-6-14-11-10-12-17(8-3,19-5)13-15(14)16(7-2)18-9-4/h9,14H,6-8,10-13H2,1-5H3/b16-15-,18-9?. The molecule has 0 radical (unpaired) electrons. The lowest BCUT2D eigenvalue weighted by molar-refractivity contribution is -0.0192. The van der Waals surface area contributed by atoms with Crippen molar-refractivity contribution in [3.63, 3.8) is 0 Å². The highest BCUT2D eigenvalue weighted by molar-refractivity contribution is 5.55. The SMILES string of the molecule is CC=N/C(CC)=C1/CC(CC)(OC)CCCC1CC. The predicted molar refractivity (Wildman–Crippen MR) is 83.8 cm³/mol. The van der Waals surface area contributed by atoms with E-state index in [1.54, 1.807) is 5.57 Å². The minimum Gasteiger partial charge on any atom is -0.378 e. The van der Waals surface area contributed by atoms with E-state index >= 15 is 0 Å². The maximum absolute atomic E-state index is 5.92. The summed E-state index contributed by atoms with van der Waals surface area (Å²) in [7, 11) is 1.88. The first-order valence-electron chi connectivity index (χ1n) is 7.92. The second-order valence-corrected chi connectivity index (χ2v) is 5.63. The van der Waals surface area contributed by atoms with E-state index in [0.717, 1.165) is 19.3 Å². The van der Waals surface area contributed by atoms with Crippen LogP contribution in [0.25, 0.3) is 0 Å². The van der Waals surface area contributed by atoms with Gasteiger partial charge in [-0.2, -0.15) is 0 Å². The van der Waals surface area contributed by atoms with E-state index in [1.165, 1.54) is 31.4 Å². The van der Waals surface area contributed by atoms with E-state index in [4.69, 9.17) is 4.74 Å². The zero-order valence-corrected chi connectivity index (χ0v) is 13.5. The summed E-state index contributed by atoms with van der Waals surface area (Å²) in [5, 5.41) is 0. The van der Waals surface area contributed by atoms with Gasteiger partial charge in [-0.1, -0.05) is 20.8 Å². The zero-order chi connectivity index (χ0) is 14.3. The van der Waals surface area contributed by atoms with Crippen LogP contribution >= 0.6 is 0 Å². The molecule has 2 heteroatoms. The molecule has 19 heavy (non-hydrogen) atoms. The first kappa shape index (κ1) is 16.4. The van der Waals surface area contributed by atoms with Gasteiger partial charge >= 0.3 is 0 Å². The summed E-state index contributed by atoms with van der Waals surface area (Å²) in [6, 6.07) is 0. The van der Waals surface area contributed by atoms with Crippen LogP contribution in [-0.2, 0) is 4.74 Å². The van der Waals surface area contributed by atoms with Gasteiger partial charge in [0.1, 0.15) is 0 Å². The number of rotatable bonds is 5. The summed E-state index contributed by atoms with van der Waals surface area (Å²) in [4.78, 5) is 4.64. The summed E-state index contributed by atoms with van der Waals surface area (Å²) in [6.07, 6.45) is 10.1. The monoisotopic (exact) mass is 265 g/mol. The first-order valence-corrected chi connectivity index (χ1v) is 7.92. The summed E-state index contributed by atoms with van der Waals surface area (Å²) >= 11 is 0. The number of aliphatic imine (C=N–C) groups is 1. The molecule has 0 bridgehead atoms. The van der Waals surface area contributed by atoms with Crippen LogP contribution in [0.2, 0.25) is 0 Å². The molecule has 2 nitrogen and oxygen atoms in total. The van der Waals surface area contributed by atoms with Crippen molar-refractivity contribution in [2.24, 2.45) is 10.9 Å². The predicted octanol–water partition coefficient (Wildman–Crippen LogP) is 5.14. The van der Waals surface area contributed by atoms with Crippen molar-refractivity contribution in [3.05, 3.63) is 11.3 Å². The van der Waals surface area contributed by atoms with Gasteiger partial charge in [-0.05, 0) is 63.4 Å². The van der Waals surface area contributed by atoms with Gasteiger partial charge in [0, 0.05) is 19.0 Å². The molecule has 2 atom stereocenters. The fourth-order valence-corrected chi connectivity index (χ4v) is 3.39. The highest BCUT2D eigenvalue weighted by Gasteiger charge is 2.34. The Morgan fingerprint density at radius 3 is 2.63 bits per heavy atom. The average molecular weight is 265 g/mol. The fourth-order valence-electron chi connectivity index (χ4n) is 3.39. The van der Waals surface area contributed by atoms with E-state index in [2.05, 4.69) is 25.8 Å². The van der Waals surface area contributed by atoms with Gasteiger partial charge in [0.25, 0.3) is 0 Å². The number of nitrogens with zero attached hydrogens (tertiary/aromatic N) is 1. The molecule has 1 fully saturated rings.